The predicted molar refractivity (Wildman–Crippen MR) is 74.0 cm³/mol. The van der Waals surface area contributed by atoms with Gasteiger partial charge < -0.3 is 15.0 Å². The van der Waals surface area contributed by atoms with Crippen molar-refractivity contribution in [3.63, 3.8) is 0 Å². The number of hydrogen-bond acceptors (Lipinski definition) is 2. The van der Waals surface area contributed by atoms with E-state index in [0.29, 0.717) is 6.54 Å². The first-order chi connectivity index (χ1) is 9.56. The fourth-order valence-corrected chi connectivity index (χ4v) is 1.92. The molecule has 1 aromatic heterocycles. The largest absolute Gasteiger partial charge is 0.481 e. The first-order valence-electron chi connectivity index (χ1n) is 6.35. The lowest BCUT2D eigenvalue weighted by Gasteiger charge is -2.08. The van der Waals surface area contributed by atoms with E-state index in [2.05, 4.69) is 10.3 Å². The number of carbonyl (C=O) groups is 1. The zero-order chi connectivity index (χ0) is 14.5. The number of rotatable bonds is 5. The molecular formula is C15H17FN2O2. The Kier molecular flexibility index (Phi) is 4.40. The third-order valence-electron chi connectivity index (χ3n) is 2.93. The van der Waals surface area contributed by atoms with Crippen LogP contribution in [0.3, 0.4) is 0 Å². The van der Waals surface area contributed by atoms with E-state index >= 15 is 0 Å². The Bertz CT molecular complexity index is 608. The number of benzene rings is 1. The van der Waals surface area contributed by atoms with Crippen molar-refractivity contribution in [2.24, 2.45) is 0 Å². The Morgan fingerprint density at radius 2 is 2.10 bits per heavy atom. The summed E-state index contributed by atoms with van der Waals surface area (Å²) in [6.45, 7) is 4.13. The number of aryl methyl sites for hydroxylation is 2. The van der Waals surface area contributed by atoms with Gasteiger partial charge in [0, 0.05) is 17.9 Å². The summed E-state index contributed by atoms with van der Waals surface area (Å²) in [6.07, 6.45) is 0. The van der Waals surface area contributed by atoms with Crippen molar-refractivity contribution < 1.29 is 13.9 Å². The molecule has 0 fully saturated rings. The van der Waals surface area contributed by atoms with E-state index in [9.17, 15) is 9.18 Å². The average Bonchev–Trinajstić information content (AvgIpc) is 2.74. The Morgan fingerprint density at radius 1 is 1.35 bits per heavy atom. The smallest absolute Gasteiger partial charge is 0.258 e. The lowest BCUT2D eigenvalue weighted by Crippen LogP contribution is -2.28. The predicted octanol–water partition coefficient (Wildman–Crippen LogP) is 2.47. The van der Waals surface area contributed by atoms with Gasteiger partial charge in [0.25, 0.3) is 5.91 Å². The van der Waals surface area contributed by atoms with Gasteiger partial charge in [-0.05, 0) is 37.6 Å². The summed E-state index contributed by atoms with van der Waals surface area (Å²) in [4.78, 5) is 14.8. The van der Waals surface area contributed by atoms with Crippen LogP contribution in [0.15, 0.2) is 30.3 Å². The van der Waals surface area contributed by atoms with Crippen LogP contribution in [0.2, 0.25) is 0 Å². The molecule has 5 heteroatoms. The van der Waals surface area contributed by atoms with E-state index in [-0.39, 0.29) is 18.3 Å². The standard InChI is InChI=1S/C15H17FN2O2/c1-10-7-12(11(2)18-10)8-17-15(19)9-20-14-6-4-3-5-13(14)16/h3-7,18H,8-9H2,1-2H3,(H,17,19). The van der Waals surface area contributed by atoms with Crippen LogP contribution in [0.4, 0.5) is 4.39 Å². The molecule has 0 aliphatic rings. The van der Waals surface area contributed by atoms with E-state index < -0.39 is 5.82 Å². The summed E-state index contributed by atoms with van der Waals surface area (Å²) in [6, 6.07) is 7.98. The van der Waals surface area contributed by atoms with Crippen LogP contribution in [-0.4, -0.2) is 17.5 Å². The quantitative estimate of drug-likeness (QED) is 0.881. The van der Waals surface area contributed by atoms with Crippen molar-refractivity contribution in [2.45, 2.75) is 20.4 Å². The highest BCUT2D eigenvalue weighted by molar-refractivity contribution is 5.77. The highest BCUT2D eigenvalue weighted by atomic mass is 19.1. The third-order valence-corrected chi connectivity index (χ3v) is 2.93. The molecule has 1 amide bonds. The van der Waals surface area contributed by atoms with Gasteiger partial charge in [-0.2, -0.15) is 0 Å². The topological polar surface area (TPSA) is 54.1 Å². The first kappa shape index (κ1) is 14.1. The molecule has 0 saturated heterocycles. The van der Waals surface area contributed by atoms with Crippen LogP contribution in [0.1, 0.15) is 17.0 Å². The minimum atomic E-state index is -0.475. The first-order valence-corrected chi connectivity index (χ1v) is 6.35. The van der Waals surface area contributed by atoms with Crippen LogP contribution >= 0.6 is 0 Å². The average molecular weight is 276 g/mol. The van der Waals surface area contributed by atoms with Crippen molar-refractivity contribution in [1.29, 1.82) is 0 Å². The van der Waals surface area contributed by atoms with Gasteiger partial charge in [0.2, 0.25) is 0 Å². The summed E-state index contributed by atoms with van der Waals surface area (Å²) < 4.78 is 18.4. The molecule has 0 bridgehead atoms. The molecule has 20 heavy (non-hydrogen) atoms. The molecule has 0 spiro atoms. The molecular weight excluding hydrogens is 259 g/mol. The van der Waals surface area contributed by atoms with Gasteiger partial charge in [-0.25, -0.2) is 4.39 Å². The van der Waals surface area contributed by atoms with E-state index in [1.54, 1.807) is 12.1 Å². The Morgan fingerprint density at radius 3 is 2.75 bits per heavy atom. The van der Waals surface area contributed by atoms with Gasteiger partial charge in [0.15, 0.2) is 18.2 Å². The molecule has 2 aromatic rings. The fraction of sp³-hybridized carbons (Fsp3) is 0.267. The minimum absolute atomic E-state index is 0.0799. The number of para-hydroxylation sites is 1. The molecule has 106 valence electrons. The van der Waals surface area contributed by atoms with Crippen molar-refractivity contribution in [2.75, 3.05) is 6.61 Å². The number of nitrogens with one attached hydrogen (secondary N) is 2. The zero-order valence-electron chi connectivity index (χ0n) is 11.5. The molecule has 0 aliphatic heterocycles. The molecule has 0 radical (unpaired) electrons. The van der Waals surface area contributed by atoms with Crippen molar-refractivity contribution in [3.05, 3.63) is 53.1 Å². The van der Waals surface area contributed by atoms with Crippen molar-refractivity contribution in [3.8, 4) is 5.75 Å². The summed E-state index contributed by atoms with van der Waals surface area (Å²) in [5.74, 6) is -0.680. The monoisotopic (exact) mass is 276 g/mol. The number of halogens is 1. The lowest BCUT2D eigenvalue weighted by atomic mass is 10.2. The molecule has 2 rings (SSSR count). The van der Waals surface area contributed by atoms with Crippen LogP contribution < -0.4 is 10.1 Å². The lowest BCUT2D eigenvalue weighted by molar-refractivity contribution is -0.123. The Balaban J connectivity index is 1.82. The van der Waals surface area contributed by atoms with E-state index in [0.717, 1.165) is 17.0 Å². The van der Waals surface area contributed by atoms with Gasteiger partial charge in [0.05, 0.1) is 0 Å². The fourth-order valence-electron chi connectivity index (χ4n) is 1.92. The number of carbonyl (C=O) groups excluding carboxylic acids is 1. The summed E-state index contributed by atoms with van der Waals surface area (Å²) in [5, 5.41) is 2.74. The molecule has 0 unspecified atom stereocenters. The van der Waals surface area contributed by atoms with Crippen LogP contribution in [0.5, 0.6) is 5.75 Å². The number of H-pyrrole nitrogens is 1. The number of aromatic amines is 1. The zero-order valence-corrected chi connectivity index (χ0v) is 11.5. The maximum atomic E-state index is 13.3. The van der Waals surface area contributed by atoms with Gasteiger partial charge in [0.1, 0.15) is 0 Å². The van der Waals surface area contributed by atoms with Crippen LogP contribution in [-0.2, 0) is 11.3 Å². The van der Waals surface area contributed by atoms with Crippen LogP contribution in [0.25, 0.3) is 0 Å². The Hall–Kier alpha value is -2.30. The van der Waals surface area contributed by atoms with E-state index in [1.165, 1.54) is 12.1 Å². The maximum absolute atomic E-state index is 13.3. The molecule has 1 heterocycles. The highest BCUT2D eigenvalue weighted by Gasteiger charge is 2.07. The van der Waals surface area contributed by atoms with Gasteiger partial charge in [-0.1, -0.05) is 12.1 Å². The van der Waals surface area contributed by atoms with Crippen molar-refractivity contribution in [1.82, 2.24) is 10.3 Å². The number of aromatic nitrogens is 1. The second kappa shape index (κ2) is 6.23. The summed E-state index contributed by atoms with van der Waals surface area (Å²) in [7, 11) is 0. The Labute approximate surface area is 117 Å². The highest BCUT2D eigenvalue weighted by Crippen LogP contribution is 2.15. The number of ether oxygens (including phenoxy) is 1. The molecule has 0 atom stereocenters. The van der Waals surface area contributed by atoms with Gasteiger partial charge in [-0.3, -0.25) is 4.79 Å². The summed E-state index contributed by atoms with van der Waals surface area (Å²) >= 11 is 0. The molecule has 0 aliphatic carbocycles. The van der Waals surface area contributed by atoms with Crippen LogP contribution in [0, 0.1) is 19.7 Å². The minimum Gasteiger partial charge on any atom is -0.481 e. The molecule has 4 nitrogen and oxygen atoms in total. The molecule has 1 aromatic carbocycles. The SMILES string of the molecule is Cc1cc(CNC(=O)COc2ccccc2F)c(C)[nH]1. The summed E-state index contributed by atoms with van der Waals surface area (Å²) in [5.41, 5.74) is 3.11. The van der Waals surface area contributed by atoms with E-state index in [4.69, 9.17) is 4.74 Å². The van der Waals surface area contributed by atoms with E-state index in [1.807, 2.05) is 19.9 Å². The maximum Gasteiger partial charge on any atom is 0.258 e. The van der Waals surface area contributed by atoms with Gasteiger partial charge >= 0.3 is 0 Å². The van der Waals surface area contributed by atoms with Crippen molar-refractivity contribution >= 4 is 5.91 Å². The second-order valence-corrected chi connectivity index (χ2v) is 4.60. The normalized spacial score (nSPS) is 10.3. The molecule has 2 N–H and O–H groups in total. The second-order valence-electron chi connectivity index (χ2n) is 4.60. The number of amides is 1. The number of hydrogen-bond donors (Lipinski definition) is 2. The van der Waals surface area contributed by atoms with Gasteiger partial charge in [-0.15, -0.1) is 0 Å². The molecule has 0 saturated carbocycles. The third kappa shape index (κ3) is 3.60.